The minimum Gasteiger partial charge on any atom is -0.365 e. The van der Waals surface area contributed by atoms with Gasteiger partial charge in [0.25, 0.3) is 11.7 Å². The van der Waals surface area contributed by atoms with Gasteiger partial charge in [-0.15, -0.1) is 0 Å². The molecule has 5 N–H and O–H groups in total. The van der Waals surface area contributed by atoms with E-state index in [9.17, 15) is 18.0 Å². The highest BCUT2D eigenvalue weighted by atomic mass is 127. The molecule has 2 heterocycles. The van der Waals surface area contributed by atoms with Gasteiger partial charge in [-0.1, -0.05) is 6.07 Å². The van der Waals surface area contributed by atoms with Crippen molar-refractivity contribution in [3.63, 3.8) is 0 Å². The van der Waals surface area contributed by atoms with Crippen LogP contribution in [0.2, 0.25) is 0 Å². The Kier molecular flexibility index (Phi) is 4.01. The summed E-state index contributed by atoms with van der Waals surface area (Å²) in [7, 11) is 0. The summed E-state index contributed by atoms with van der Waals surface area (Å²) in [5.74, 6) is -0.860. The van der Waals surface area contributed by atoms with Crippen LogP contribution in [0.15, 0.2) is 24.4 Å². The molecule has 1 aliphatic carbocycles. The number of carbonyl (C=O) groups is 1. The van der Waals surface area contributed by atoms with Crippen LogP contribution in [-0.2, 0) is 0 Å². The second kappa shape index (κ2) is 6.00. The highest BCUT2D eigenvalue weighted by Crippen LogP contribution is 2.42. The molecular formula is C17H15F3IN4O+. The third-order valence-electron chi connectivity index (χ3n) is 4.65. The second-order valence-electron chi connectivity index (χ2n) is 6.51. The highest BCUT2D eigenvalue weighted by Gasteiger charge is 2.52. The number of aromatic nitrogens is 2. The van der Waals surface area contributed by atoms with Crippen molar-refractivity contribution in [3.05, 3.63) is 33.5 Å². The molecule has 4 rings (SSSR count). The Hall–Kier alpha value is -2.04. The Morgan fingerprint density at radius 2 is 2.12 bits per heavy atom. The summed E-state index contributed by atoms with van der Waals surface area (Å²) >= 11 is 2.15. The molecular weight excluding hydrogens is 460 g/mol. The van der Waals surface area contributed by atoms with Gasteiger partial charge in [0.1, 0.15) is 11.8 Å². The van der Waals surface area contributed by atoms with E-state index in [-0.39, 0.29) is 11.4 Å². The largest absolute Gasteiger partial charge is 0.428 e. The maximum absolute atomic E-state index is 13.4. The molecule has 0 radical (unpaired) electrons. The fraction of sp³-hybridized carbons (Fsp3) is 0.294. The van der Waals surface area contributed by atoms with Gasteiger partial charge in [0.05, 0.1) is 10.9 Å². The van der Waals surface area contributed by atoms with Crippen LogP contribution in [0.5, 0.6) is 0 Å². The van der Waals surface area contributed by atoms with E-state index in [0.717, 1.165) is 14.5 Å². The van der Waals surface area contributed by atoms with Crippen molar-refractivity contribution in [3.8, 4) is 0 Å². The highest BCUT2D eigenvalue weighted by molar-refractivity contribution is 14.1. The van der Waals surface area contributed by atoms with Crippen LogP contribution in [-0.4, -0.2) is 23.1 Å². The van der Waals surface area contributed by atoms with E-state index in [1.807, 2.05) is 18.2 Å². The number of primary amides is 1. The number of hydrogen-bond acceptors (Lipinski definition) is 2. The number of rotatable bonds is 4. The van der Waals surface area contributed by atoms with Gasteiger partial charge in [-0.3, -0.25) is 10.1 Å². The zero-order chi connectivity index (χ0) is 18.6. The van der Waals surface area contributed by atoms with Crippen molar-refractivity contribution in [1.82, 2.24) is 4.98 Å². The molecule has 5 nitrogen and oxygen atoms in total. The van der Waals surface area contributed by atoms with Gasteiger partial charge in [0.15, 0.2) is 6.04 Å². The van der Waals surface area contributed by atoms with E-state index < -0.39 is 24.0 Å². The number of nitrogens with two attached hydrogens (primary N) is 1. The summed E-state index contributed by atoms with van der Waals surface area (Å²) in [6.45, 7) is 0. The lowest BCUT2D eigenvalue weighted by Gasteiger charge is -2.17. The number of alkyl halides is 3. The van der Waals surface area contributed by atoms with Crippen LogP contribution in [0.4, 0.5) is 19.0 Å². The SMILES string of the molecule is NC(=O)c1c[nH+]c(N[C@H](C2CC2)C(F)(F)F)c2c1[nH]c1cc(I)ccc12. The van der Waals surface area contributed by atoms with Gasteiger partial charge < -0.3 is 10.7 Å². The van der Waals surface area contributed by atoms with Crippen LogP contribution in [0.3, 0.4) is 0 Å². The Morgan fingerprint density at radius 1 is 1.38 bits per heavy atom. The van der Waals surface area contributed by atoms with Gasteiger partial charge in [-0.25, -0.2) is 4.98 Å². The van der Waals surface area contributed by atoms with Crippen LogP contribution in [0, 0.1) is 9.49 Å². The number of H-pyrrole nitrogens is 2. The Balaban J connectivity index is 1.93. The predicted octanol–water partition coefficient (Wildman–Crippen LogP) is 3.59. The Labute approximate surface area is 159 Å². The molecule has 0 unspecified atom stereocenters. The molecule has 0 saturated heterocycles. The van der Waals surface area contributed by atoms with E-state index >= 15 is 0 Å². The first-order chi connectivity index (χ1) is 12.3. The number of benzene rings is 1. The van der Waals surface area contributed by atoms with E-state index in [1.165, 1.54) is 6.20 Å². The molecule has 1 atom stereocenters. The summed E-state index contributed by atoms with van der Waals surface area (Å²) in [5, 5.41) is 3.85. The van der Waals surface area contributed by atoms with Crippen LogP contribution < -0.4 is 16.0 Å². The van der Waals surface area contributed by atoms with E-state index in [4.69, 9.17) is 5.73 Å². The summed E-state index contributed by atoms with van der Waals surface area (Å²) in [6, 6.07) is 3.92. The number of halogens is 4. The lowest BCUT2D eigenvalue weighted by molar-refractivity contribution is -0.360. The third kappa shape index (κ3) is 2.97. The molecule has 0 spiro atoms. The third-order valence-corrected chi connectivity index (χ3v) is 5.32. The lowest BCUT2D eigenvalue weighted by atomic mass is 10.1. The molecule has 1 saturated carbocycles. The normalized spacial score (nSPS) is 16.2. The molecule has 136 valence electrons. The first-order valence-corrected chi connectivity index (χ1v) is 9.12. The standard InChI is InChI=1S/C17H14F3IN4O/c18-17(19,20)14(7-1-2-7)25-16-12-9-4-3-8(21)5-11(9)24-13(12)10(6-23-16)15(22)26/h3-7,14,24H,1-2H2,(H2,22,26)(H,23,25)/p+1/t14-/m1/s1. The van der Waals surface area contributed by atoms with Gasteiger partial charge in [-0.05, 0) is 47.6 Å². The minimum absolute atomic E-state index is 0.201. The number of pyridine rings is 1. The quantitative estimate of drug-likeness (QED) is 0.504. The predicted molar refractivity (Wildman–Crippen MR) is 99.8 cm³/mol. The van der Waals surface area contributed by atoms with Crippen LogP contribution in [0.25, 0.3) is 21.8 Å². The van der Waals surface area contributed by atoms with Crippen molar-refractivity contribution in [2.75, 3.05) is 5.32 Å². The Bertz CT molecular complexity index is 1030. The van der Waals surface area contributed by atoms with Crippen molar-refractivity contribution < 1.29 is 22.9 Å². The molecule has 3 aromatic rings. The van der Waals surface area contributed by atoms with Gasteiger partial charge >= 0.3 is 6.18 Å². The molecule has 0 bridgehead atoms. The van der Waals surface area contributed by atoms with E-state index in [2.05, 4.69) is 37.9 Å². The van der Waals surface area contributed by atoms with Crippen molar-refractivity contribution in [1.29, 1.82) is 0 Å². The fourth-order valence-corrected chi connectivity index (χ4v) is 3.77. The zero-order valence-electron chi connectivity index (χ0n) is 13.4. The summed E-state index contributed by atoms with van der Waals surface area (Å²) in [6.07, 6.45) is -1.92. The number of carbonyl (C=O) groups excluding carboxylic acids is 1. The van der Waals surface area contributed by atoms with Gasteiger partial charge in [0.2, 0.25) is 0 Å². The first kappa shape index (κ1) is 17.4. The molecule has 1 fully saturated rings. The number of fused-ring (bicyclic) bond motifs is 3. The molecule has 1 aromatic carbocycles. The molecule has 1 aliphatic rings. The zero-order valence-corrected chi connectivity index (χ0v) is 15.5. The average Bonchev–Trinajstić information content (AvgIpc) is 3.30. The maximum Gasteiger partial charge on any atom is 0.428 e. The molecule has 1 amide bonds. The summed E-state index contributed by atoms with van der Waals surface area (Å²) in [5.41, 5.74) is 6.78. The minimum atomic E-state index is -4.36. The smallest absolute Gasteiger partial charge is 0.365 e. The summed E-state index contributed by atoms with van der Waals surface area (Å²) < 4.78 is 41.3. The van der Waals surface area contributed by atoms with Gasteiger partial charge in [0, 0.05) is 20.4 Å². The fourth-order valence-electron chi connectivity index (χ4n) is 3.28. The number of anilines is 1. The van der Waals surface area contributed by atoms with Crippen LogP contribution >= 0.6 is 22.6 Å². The number of aromatic amines is 2. The first-order valence-electron chi connectivity index (χ1n) is 8.04. The maximum atomic E-state index is 13.4. The monoisotopic (exact) mass is 475 g/mol. The van der Waals surface area contributed by atoms with Crippen molar-refractivity contribution in [2.45, 2.75) is 25.1 Å². The molecule has 9 heteroatoms. The number of nitrogens with one attached hydrogen (secondary N) is 3. The lowest BCUT2D eigenvalue weighted by Crippen LogP contribution is -2.40. The molecule has 2 aromatic heterocycles. The topological polar surface area (TPSA) is 85.1 Å². The molecule has 26 heavy (non-hydrogen) atoms. The Morgan fingerprint density at radius 3 is 2.73 bits per heavy atom. The van der Waals surface area contributed by atoms with E-state index in [1.54, 1.807) is 0 Å². The summed E-state index contributed by atoms with van der Waals surface area (Å²) in [4.78, 5) is 17.7. The number of amides is 1. The van der Waals surface area contributed by atoms with Crippen LogP contribution in [0.1, 0.15) is 23.2 Å². The van der Waals surface area contributed by atoms with Crippen molar-refractivity contribution in [2.24, 2.45) is 11.7 Å². The second-order valence-corrected chi connectivity index (χ2v) is 7.75. The van der Waals surface area contributed by atoms with Crippen molar-refractivity contribution >= 4 is 56.1 Å². The van der Waals surface area contributed by atoms with Gasteiger partial charge in [-0.2, -0.15) is 13.2 Å². The number of hydrogen-bond donors (Lipinski definition) is 3. The van der Waals surface area contributed by atoms with E-state index in [0.29, 0.717) is 23.7 Å². The molecule has 0 aliphatic heterocycles. The average molecular weight is 475 g/mol.